The Bertz CT molecular complexity index is 990. The Kier molecular flexibility index (Phi) is 4.99. The molecular weight excluding hydrogens is 388 g/mol. The molecule has 2 aromatic rings. The van der Waals surface area contributed by atoms with Crippen LogP contribution in [0.15, 0.2) is 47.5 Å². The molecule has 4 saturated carbocycles. The Labute approximate surface area is 183 Å². The summed E-state index contributed by atoms with van der Waals surface area (Å²) >= 11 is 0. The highest BCUT2D eigenvalue weighted by atomic mass is 16.5. The lowest BCUT2D eigenvalue weighted by molar-refractivity contribution is -0.00616. The van der Waals surface area contributed by atoms with Crippen molar-refractivity contribution in [2.45, 2.75) is 43.9 Å². The minimum absolute atomic E-state index is 0.234. The van der Waals surface area contributed by atoms with Crippen LogP contribution in [0.5, 0.6) is 5.75 Å². The van der Waals surface area contributed by atoms with Gasteiger partial charge in [-0.3, -0.25) is 4.99 Å². The average Bonchev–Trinajstić information content (AvgIpc) is 2.76. The molecule has 5 heteroatoms. The molecule has 0 radical (unpaired) electrons. The van der Waals surface area contributed by atoms with Gasteiger partial charge in [0, 0.05) is 23.9 Å². The lowest BCUT2D eigenvalue weighted by atomic mass is 9.48. The van der Waals surface area contributed by atoms with E-state index in [-0.39, 0.29) is 11.0 Å². The number of nitrogens with zero attached hydrogens (tertiary/aromatic N) is 1. The highest BCUT2D eigenvalue weighted by Gasteiger charge is 2.52. The maximum Gasteiger partial charge on any atom is 0.335 e. The number of methoxy groups -OCH3 is 1. The van der Waals surface area contributed by atoms with Crippen LogP contribution in [-0.2, 0) is 5.41 Å². The molecule has 4 fully saturated rings. The number of amidine groups is 1. The van der Waals surface area contributed by atoms with E-state index in [1.165, 1.54) is 44.1 Å². The van der Waals surface area contributed by atoms with Gasteiger partial charge >= 0.3 is 5.97 Å². The van der Waals surface area contributed by atoms with Crippen LogP contribution in [0.2, 0.25) is 0 Å². The van der Waals surface area contributed by atoms with E-state index >= 15 is 0 Å². The molecule has 4 aliphatic carbocycles. The molecule has 0 unspecified atom stereocenters. The number of nitrogens with one attached hydrogen (secondary N) is 1. The van der Waals surface area contributed by atoms with Crippen LogP contribution >= 0.6 is 0 Å². The lowest BCUT2D eigenvalue weighted by Crippen LogP contribution is -2.48. The van der Waals surface area contributed by atoms with Crippen molar-refractivity contribution < 1.29 is 14.6 Å². The Morgan fingerprint density at radius 2 is 1.58 bits per heavy atom. The Hall–Kier alpha value is -2.82. The van der Waals surface area contributed by atoms with Crippen molar-refractivity contribution in [2.24, 2.45) is 22.7 Å². The van der Waals surface area contributed by atoms with Crippen molar-refractivity contribution in [2.75, 3.05) is 19.5 Å². The zero-order valence-corrected chi connectivity index (χ0v) is 18.2. The van der Waals surface area contributed by atoms with Crippen molar-refractivity contribution in [1.82, 2.24) is 0 Å². The fourth-order valence-electron chi connectivity index (χ4n) is 6.80. The zero-order valence-electron chi connectivity index (χ0n) is 18.2. The summed E-state index contributed by atoms with van der Waals surface area (Å²) in [5.74, 6) is 3.44. The van der Waals surface area contributed by atoms with Crippen LogP contribution < -0.4 is 10.1 Å². The Balaban J connectivity index is 1.47. The standard InChI is InChI=1S/C26H30N2O3/c1-27-24(28-21-6-3-19(4-7-21)25(29)30)20-5-8-23(31-2)22(12-20)26-13-16-9-17(14-26)11-18(10-16)15-26/h3-8,12,16-18H,9-11,13-15H2,1-2H3,(H,27,28)(H,29,30). The maximum absolute atomic E-state index is 11.1. The van der Waals surface area contributed by atoms with Gasteiger partial charge in [0.25, 0.3) is 0 Å². The van der Waals surface area contributed by atoms with Gasteiger partial charge in [-0.05, 0) is 104 Å². The van der Waals surface area contributed by atoms with E-state index in [1.54, 1.807) is 38.4 Å². The molecule has 4 aliphatic rings. The number of hydrogen-bond donors (Lipinski definition) is 2. The minimum Gasteiger partial charge on any atom is -0.496 e. The van der Waals surface area contributed by atoms with Gasteiger partial charge in [0.05, 0.1) is 12.7 Å². The van der Waals surface area contributed by atoms with Gasteiger partial charge in [0.1, 0.15) is 11.6 Å². The number of ether oxygens (including phenoxy) is 1. The van der Waals surface area contributed by atoms with E-state index in [0.29, 0.717) is 0 Å². The molecule has 0 spiro atoms. The number of rotatable bonds is 5. The summed E-state index contributed by atoms with van der Waals surface area (Å²) in [6.45, 7) is 0. The monoisotopic (exact) mass is 418 g/mol. The second-order valence-corrected chi connectivity index (χ2v) is 9.69. The van der Waals surface area contributed by atoms with Gasteiger partial charge in [-0.15, -0.1) is 0 Å². The SMILES string of the molecule is CN=C(Nc1ccc(C(=O)O)cc1)c1ccc(OC)c(C23CC4CC(CC(C4)C2)C3)c1. The molecule has 2 aromatic carbocycles. The number of anilines is 1. The van der Waals surface area contributed by atoms with Crippen molar-refractivity contribution in [1.29, 1.82) is 0 Å². The molecule has 0 saturated heterocycles. The highest BCUT2D eigenvalue weighted by Crippen LogP contribution is 2.61. The first-order valence-corrected chi connectivity index (χ1v) is 11.3. The maximum atomic E-state index is 11.1. The molecule has 31 heavy (non-hydrogen) atoms. The fourth-order valence-corrected chi connectivity index (χ4v) is 6.80. The van der Waals surface area contributed by atoms with E-state index in [2.05, 4.69) is 28.5 Å². The highest BCUT2D eigenvalue weighted by molar-refractivity contribution is 6.08. The number of carboxylic acids is 1. The third kappa shape index (κ3) is 3.60. The number of aliphatic imine (C=N–C) groups is 1. The van der Waals surface area contributed by atoms with E-state index < -0.39 is 5.97 Å². The summed E-state index contributed by atoms with van der Waals surface area (Å²) in [5, 5.41) is 12.5. The molecule has 5 nitrogen and oxygen atoms in total. The van der Waals surface area contributed by atoms with Gasteiger partial charge in [0.15, 0.2) is 0 Å². The van der Waals surface area contributed by atoms with Crippen LogP contribution in [0.4, 0.5) is 5.69 Å². The van der Waals surface area contributed by atoms with Crippen LogP contribution in [0, 0.1) is 17.8 Å². The smallest absolute Gasteiger partial charge is 0.335 e. The number of aromatic carboxylic acids is 1. The molecule has 2 N–H and O–H groups in total. The van der Waals surface area contributed by atoms with E-state index in [9.17, 15) is 4.79 Å². The Morgan fingerprint density at radius 1 is 1.00 bits per heavy atom. The predicted octanol–water partition coefficient (Wildman–Crippen LogP) is 5.35. The lowest BCUT2D eigenvalue weighted by Gasteiger charge is -2.57. The zero-order chi connectivity index (χ0) is 21.6. The van der Waals surface area contributed by atoms with Crippen molar-refractivity contribution in [3.8, 4) is 5.75 Å². The second kappa shape index (κ2) is 7.70. The molecule has 162 valence electrons. The summed E-state index contributed by atoms with van der Waals surface area (Å²) in [5.41, 5.74) is 3.71. The number of carbonyl (C=O) groups is 1. The van der Waals surface area contributed by atoms with Crippen LogP contribution in [0.1, 0.15) is 60.0 Å². The summed E-state index contributed by atoms with van der Waals surface area (Å²) < 4.78 is 5.84. The second-order valence-electron chi connectivity index (χ2n) is 9.69. The van der Waals surface area contributed by atoms with Crippen molar-refractivity contribution >= 4 is 17.5 Å². The normalized spacial score (nSPS) is 29.1. The fraction of sp³-hybridized carbons (Fsp3) is 0.462. The van der Waals surface area contributed by atoms with Gasteiger partial charge in [-0.1, -0.05) is 0 Å². The minimum atomic E-state index is -0.925. The third-order valence-electron chi connectivity index (χ3n) is 7.70. The number of carboxylic acid groups (broad SMARTS) is 1. The van der Waals surface area contributed by atoms with Crippen molar-refractivity contribution in [3.05, 3.63) is 59.2 Å². The predicted molar refractivity (Wildman–Crippen MR) is 122 cm³/mol. The van der Waals surface area contributed by atoms with Gasteiger partial charge in [-0.25, -0.2) is 4.79 Å². The van der Waals surface area contributed by atoms with Gasteiger partial charge in [-0.2, -0.15) is 0 Å². The van der Waals surface area contributed by atoms with Crippen LogP contribution in [0.25, 0.3) is 0 Å². The molecule has 0 atom stereocenters. The quantitative estimate of drug-likeness (QED) is 0.507. The summed E-state index contributed by atoms with van der Waals surface area (Å²) in [7, 11) is 3.55. The number of hydrogen-bond acceptors (Lipinski definition) is 3. The van der Waals surface area contributed by atoms with Crippen LogP contribution in [0.3, 0.4) is 0 Å². The Morgan fingerprint density at radius 3 is 2.10 bits per heavy atom. The molecule has 0 amide bonds. The molecule has 0 heterocycles. The molecule has 4 bridgehead atoms. The summed E-state index contributed by atoms with van der Waals surface area (Å²) in [6.07, 6.45) is 8.08. The van der Waals surface area contributed by atoms with E-state index in [4.69, 9.17) is 9.84 Å². The average molecular weight is 419 g/mol. The molecular formula is C26H30N2O3. The first-order chi connectivity index (χ1) is 15.0. The van der Waals surface area contributed by atoms with E-state index in [1.807, 2.05) is 0 Å². The summed E-state index contributed by atoms with van der Waals surface area (Å²) in [6, 6.07) is 13.2. The molecule has 0 aromatic heterocycles. The first-order valence-electron chi connectivity index (χ1n) is 11.3. The van der Waals surface area contributed by atoms with Gasteiger partial charge < -0.3 is 15.2 Å². The topological polar surface area (TPSA) is 70.9 Å². The first kappa shape index (κ1) is 20.1. The van der Waals surface area contributed by atoms with Crippen molar-refractivity contribution in [3.63, 3.8) is 0 Å². The van der Waals surface area contributed by atoms with Crippen LogP contribution in [-0.4, -0.2) is 31.1 Å². The largest absolute Gasteiger partial charge is 0.496 e. The molecule has 0 aliphatic heterocycles. The van der Waals surface area contributed by atoms with E-state index in [0.717, 1.165) is 40.6 Å². The van der Waals surface area contributed by atoms with Gasteiger partial charge in [0.2, 0.25) is 0 Å². The third-order valence-corrected chi connectivity index (χ3v) is 7.70. The number of benzene rings is 2. The molecule has 6 rings (SSSR count). The summed E-state index contributed by atoms with van der Waals surface area (Å²) in [4.78, 5) is 15.6.